The third kappa shape index (κ3) is 3.49. The maximum atomic E-state index is 6.06. The van der Waals surface area contributed by atoms with Gasteiger partial charge in [-0.2, -0.15) is 0 Å². The van der Waals surface area contributed by atoms with E-state index in [0.717, 1.165) is 28.8 Å². The molecule has 0 aliphatic rings. The quantitative estimate of drug-likeness (QED) is 0.329. The molecular formula is C26H20ClN3. The molecule has 1 aromatic heterocycles. The highest BCUT2D eigenvalue weighted by atomic mass is 35.5. The van der Waals surface area contributed by atoms with Gasteiger partial charge in [-0.3, -0.25) is 0 Å². The van der Waals surface area contributed by atoms with Gasteiger partial charge in [-0.15, -0.1) is 0 Å². The number of anilines is 1. The Balaban J connectivity index is 1.61. The lowest BCUT2D eigenvalue weighted by Crippen LogP contribution is -2.19. The summed E-state index contributed by atoms with van der Waals surface area (Å²) in [6.45, 7) is 0.752. The topological polar surface area (TPSA) is 29.0 Å². The van der Waals surface area contributed by atoms with Crippen LogP contribution in [0.25, 0.3) is 33.1 Å². The summed E-state index contributed by atoms with van der Waals surface area (Å²) in [5, 5.41) is 4.26. The molecule has 0 N–H and O–H groups in total. The van der Waals surface area contributed by atoms with Gasteiger partial charge in [-0.05, 0) is 52.7 Å². The van der Waals surface area contributed by atoms with Gasteiger partial charge in [-0.1, -0.05) is 66.2 Å². The van der Waals surface area contributed by atoms with Crippen molar-refractivity contribution in [2.24, 2.45) is 0 Å². The van der Waals surface area contributed by atoms with Crippen LogP contribution in [0, 0.1) is 0 Å². The minimum absolute atomic E-state index is 0.699. The summed E-state index contributed by atoms with van der Waals surface area (Å²) >= 11 is 6.06. The summed E-state index contributed by atoms with van der Waals surface area (Å²) in [4.78, 5) is 11.9. The Morgan fingerprint density at radius 3 is 2.27 bits per heavy atom. The van der Waals surface area contributed by atoms with Crippen LogP contribution in [0.1, 0.15) is 5.56 Å². The van der Waals surface area contributed by atoms with Crippen LogP contribution >= 0.6 is 11.6 Å². The van der Waals surface area contributed by atoms with E-state index >= 15 is 0 Å². The van der Waals surface area contributed by atoms with Crippen LogP contribution in [0.4, 0.5) is 5.82 Å². The number of nitrogens with zero attached hydrogens (tertiary/aromatic N) is 3. The minimum Gasteiger partial charge on any atom is -0.355 e. The number of hydrogen-bond acceptors (Lipinski definition) is 3. The molecule has 0 saturated carbocycles. The normalized spacial score (nSPS) is 11.1. The van der Waals surface area contributed by atoms with Gasteiger partial charge in [0.25, 0.3) is 0 Å². The van der Waals surface area contributed by atoms with Crippen LogP contribution in [-0.4, -0.2) is 17.0 Å². The number of hydrogen-bond donors (Lipinski definition) is 0. The first-order valence-corrected chi connectivity index (χ1v) is 10.3. The van der Waals surface area contributed by atoms with E-state index in [0.29, 0.717) is 10.8 Å². The van der Waals surface area contributed by atoms with Crippen LogP contribution in [0.5, 0.6) is 0 Å². The van der Waals surface area contributed by atoms with Crippen molar-refractivity contribution in [2.75, 3.05) is 11.9 Å². The van der Waals surface area contributed by atoms with Crippen molar-refractivity contribution in [3.05, 3.63) is 102 Å². The molecule has 5 rings (SSSR count). The predicted octanol–water partition coefficient (Wildman–Crippen LogP) is 6.74. The maximum Gasteiger partial charge on any atom is 0.162 e. The molecule has 0 radical (unpaired) electrons. The first kappa shape index (κ1) is 18.6. The van der Waals surface area contributed by atoms with Crippen molar-refractivity contribution in [3.63, 3.8) is 0 Å². The smallest absolute Gasteiger partial charge is 0.162 e. The van der Waals surface area contributed by atoms with Crippen LogP contribution in [-0.2, 0) is 6.54 Å². The lowest BCUT2D eigenvalue weighted by atomic mass is 10.0. The van der Waals surface area contributed by atoms with Crippen molar-refractivity contribution >= 4 is 39.1 Å². The molecule has 4 heteroatoms. The van der Waals surface area contributed by atoms with Gasteiger partial charge in [-0.25, -0.2) is 9.97 Å². The SMILES string of the molecule is CN(Cc1cccc2ccccc12)c1nc(-c2ccc(Cl)cc2)nc2ccccc12. The number of fused-ring (bicyclic) bond motifs is 2. The van der Waals surface area contributed by atoms with Crippen molar-refractivity contribution in [1.82, 2.24) is 9.97 Å². The van der Waals surface area contributed by atoms with Gasteiger partial charge < -0.3 is 4.90 Å². The minimum atomic E-state index is 0.699. The molecule has 0 amide bonds. The second-order valence-corrected chi connectivity index (χ2v) is 7.83. The fourth-order valence-corrected chi connectivity index (χ4v) is 3.97. The molecule has 0 fully saturated rings. The second kappa shape index (κ2) is 7.77. The summed E-state index contributed by atoms with van der Waals surface area (Å²) < 4.78 is 0. The molecule has 0 aliphatic heterocycles. The lowest BCUT2D eigenvalue weighted by Gasteiger charge is -2.21. The largest absolute Gasteiger partial charge is 0.355 e. The zero-order valence-corrected chi connectivity index (χ0v) is 17.3. The summed E-state index contributed by atoms with van der Waals surface area (Å²) in [7, 11) is 2.09. The number of para-hydroxylation sites is 1. The Labute approximate surface area is 180 Å². The summed E-state index contributed by atoms with van der Waals surface area (Å²) in [6, 6.07) is 30.7. The summed E-state index contributed by atoms with van der Waals surface area (Å²) in [5.74, 6) is 1.61. The average molecular weight is 410 g/mol. The highest BCUT2D eigenvalue weighted by Crippen LogP contribution is 2.29. The fraction of sp³-hybridized carbons (Fsp3) is 0.0769. The van der Waals surface area contributed by atoms with E-state index in [1.165, 1.54) is 16.3 Å². The van der Waals surface area contributed by atoms with E-state index in [1.54, 1.807) is 0 Å². The number of aromatic nitrogens is 2. The first-order valence-electron chi connectivity index (χ1n) is 9.89. The third-order valence-electron chi connectivity index (χ3n) is 5.33. The molecule has 0 spiro atoms. The molecule has 0 atom stereocenters. The third-order valence-corrected chi connectivity index (χ3v) is 5.59. The van der Waals surface area contributed by atoms with Crippen LogP contribution in [0.2, 0.25) is 5.02 Å². The van der Waals surface area contributed by atoms with Gasteiger partial charge >= 0.3 is 0 Å². The van der Waals surface area contributed by atoms with E-state index in [1.807, 2.05) is 42.5 Å². The number of benzene rings is 4. The van der Waals surface area contributed by atoms with E-state index in [-0.39, 0.29) is 0 Å². The molecule has 1 heterocycles. The van der Waals surface area contributed by atoms with E-state index < -0.39 is 0 Å². The van der Waals surface area contributed by atoms with Gasteiger partial charge in [0.1, 0.15) is 5.82 Å². The first-order chi connectivity index (χ1) is 14.7. The Hall–Kier alpha value is -3.43. The molecule has 4 aromatic carbocycles. The second-order valence-electron chi connectivity index (χ2n) is 7.39. The van der Waals surface area contributed by atoms with Gasteiger partial charge in [0, 0.05) is 29.6 Å². The number of halogens is 1. The van der Waals surface area contributed by atoms with Crippen LogP contribution in [0.15, 0.2) is 91.0 Å². The Morgan fingerprint density at radius 1 is 0.733 bits per heavy atom. The molecule has 0 saturated heterocycles. The summed E-state index contributed by atoms with van der Waals surface area (Å²) in [6.07, 6.45) is 0. The highest BCUT2D eigenvalue weighted by molar-refractivity contribution is 6.30. The fourth-order valence-electron chi connectivity index (χ4n) is 3.84. The molecule has 0 aliphatic carbocycles. The predicted molar refractivity (Wildman–Crippen MR) is 126 cm³/mol. The Kier molecular flexibility index (Phi) is 4.82. The van der Waals surface area contributed by atoms with Crippen molar-refractivity contribution in [1.29, 1.82) is 0 Å². The average Bonchev–Trinajstić information content (AvgIpc) is 2.79. The maximum absolute atomic E-state index is 6.06. The molecule has 3 nitrogen and oxygen atoms in total. The molecule has 0 bridgehead atoms. The zero-order valence-electron chi connectivity index (χ0n) is 16.6. The van der Waals surface area contributed by atoms with Gasteiger partial charge in [0.05, 0.1) is 5.52 Å². The van der Waals surface area contributed by atoms with Crippen molar-refractivity contribution in [2.45, 2.75) is 6.54 Å². The van der Waals surface area contributed by atoms with Gasteiger partial charge in [0.15, 0.2) is 5.82 Å². The highest BCUT2D eigenvalue weighted by Gasteiger charge is 2.14. The van der Waals surface area contributed by atoms with Crippen molar-refractivity contribution < 1.29 is 0 Å². The molecule has 146 valence electrons. The van der Waals surface area contributed by atoms with E-state index in [2.05, 4.69) is 60.5 Å². The monoisotopic (exact) mass is 409 g/mol. The van der Waals surface area contributed by atoms with Crippen LogP contribution in [0.3, 0.4) is 0 Å². The number of rotatable bonds is 4. The van der Waals surface area contributed by atoms with Crippen LogP contribution < -0.4 is 4.90 Å². The Bertz CT molecular complexity index is 1340. The standard InChI is InChI=1S/C26H20ClN3/c1-30(17-20-9-6-8-18-7-2-3-10-22(18)20)26-23-11-4-5-12-24(23)28-25(29-26)19-13-15-21(27)16-14-19/h2-16H,17H2,1H3. The molecule has 0 unspecified atom stereocenters. The molecule has 5 aromatic rings. The van der Waals surface area contributed by atoms with E-state index in [4.69, 9.17) is 21.6 Å². The molecule has 30 heavy (non-hydrogen) atoms. The Morgan fingerprint density at radius 2 is 1.43 bits per heavy atom. The van der Waals surface area contributed by atoms with Gasteiger partial charge in [0.2, 0.25) is 0 Å². The van der Waals surface area contributed by atoms with E-state index in [9.17, 15) is 0 Å². The lowest BCUT2D eigenvalue weighted by molar-refractivity contribution is 0.908. The summed E-state index contributed by atoms with van der Waals surface area (Å²) in [5.41, 5.74) is 3.15. The molecular weight excluding hydrogens is 390 g/mol. The zero-order chi connectivity index (χ0) is 20.5. The van der Waals surface area contributed by atoms with Crippen molar-refractivity contribution in [3.8, 4) is 11.4 Å².